The van der Waals surface area contributed by atoms with Crippen molar-refractivity contribution in [3.63, 3.8) is 0 Å². The molecule has 0 aliphatic rings. The normalized spacial score (nSPS) is 9.20. The summed E-state index contributed by atoms with van der Waals surface area (Å²) in [6.07, 6.45) is 1.08. The van der Waals surface area contributed by atoms with Gasteiger partial charge in [-0.15, -0.1) is 0 Å². The average molecular weight is 209 g/mol. The van der Waals surface area contributed by atoms with Crippen LogP contribution in [0.5, 0.6) is 0 Å². The Balaban J connectivity index is 2.99. The lowest BCUT2D eigenvalue weighted by atomic mass is 10.2. The molecule has 0 amide bonds. The lowest BCUT2D eigenvalue weighted by molar-refractivity contribution is 0.0691. The molecule has 4 nitrogen and oxygen atoms in total. The van der Waals surface area contributed by atoms with Crippen molar-refractivity contribution in [2.24, 2.45) is 0 Å². The molecule has 1 rings (SSSR count). The standard InChI is InChI=1S/C10H8FNO3/c11-9-6-12-7(3-1-2-4-13)5-8(9)10(14)15/h5-6,13H,2,4H2,(H,14,15). The van der Waals surface area contributed by atoms with E-state index in [0.29, 0.717) is 0 Å². The summed E-state index contributed by atoms with van der Waals surface area (Å²) in [6, 6.07) is 1.06. The summed E-state index contributed by atoms with van der Waals surface area (Å²) in [6.45, 7) is -0.0834. The van der Waals surface area contributed by atoms with E-state index in [1.165, 1.54) is 0 Å². The van der Waals surface area contributed by atoms with Gasteiger partial charge in [0.2, 0.25) is 0 Å². The smallest absolute Gasteiger partial charge is 0.338 e. The van der Waals surface area contributed by atoms with E-state index in [0.717, 1.165) is 12.3 Å². The van der Waals surface area contributed by atoms with E-state index in [2.05, 4.69) is 16.8 Å². The molecule has 0 aromatic carbocycles. The van der Waals surface area contributed by atoms with Crippen molar-refractivity contribution in [3.8, 4) is 11.8 Å². The van der Waals surface area contributed by atoms with Crippen LogP contribution in [0.25, 0.3) is 0 Å². The quantitative estimate of drug-likeness (QED) is 0.702. The van der Waals surface area contributed by atoms with Gasteiger partial charge in [0.05, 0.1) is 18.4 Å². The molecular formula is C10H8FNO3. The number of rotatable bonds is 2. The Hall–Kier alpha value is -1.93. The number of aliphatic hydroxyl groups is 1. The molecule has 0 atom stereocenters. The number of halogens is 1. The number of aromatic carboxylic acids is 1. The van der Waals surface area contributed by atoms with Crippen LogP contribution < -0.4 is 0 Å². The Morgan fingerprint density at radius 2 is 2.33 bits per heavy atom. The van der Waals surface area contributed by atoms with E-state index in [4.69, 9.17) is 10.2 Å². The number of hydrogen-bond acceptors (Lipinski definition) is 3. The van der Waals surface area contributed by atoms with E-state index in [1.54, 1.807) is 0 Å². The first-order valence-electron chi connectivity index (χ1n) is 4.13. The Kier molecular flexibility index (Phi) is 3.77. The molecule has 0 spiro atoms. The van der Waals surface area contributed by atoms with E-state index in [9.17, 15) is 9.18 Å². The fraction of sp³-hybridized carbons (Fsp3) is 0.200. The molecule has 2 N–H and O–H groups in total. The molecule has 0 aliphatic carbocycles. The number of aromatic nitrogens is 1. The van der Waals surface area contributed by atoms with Crippen LogP contribution in [0.4, 0.5) is 4.39 Å². The second kappa shape index (κ2) is 5.08. The zero-order chi connectivity index (χ0) is 11.3. The number of nitrogens with zero attached hydrogens (tertiary/aromatic N) is 1. The van der Waals surface area contributed by atoms with Gasteiger partial charge >= 0.3 is 5.97 Å². The lowest BCUT2D eigenvalue weighted by Gasteiger charge is -1.96. The van der Waals surface area contributed by atoms with Gasteiger partial charge in [-0.05, 0) is 12.0 Å². The first kappa shape index (κ1) is 11.1. The van der Waals surface area contributed by atoms with Crippen LogP contribution in [0, 0.1) is 17.7 Å². The number of aliphatic hydroxyl groups excluding tert-OH is 1. The summed E-state index contributed by atoms with van der Waals surface area (Å²) in [5.41, 5.74) is -0.291. The summed E-state index contributed by atoms with van der Waals surface area (Å²) in [4.78, 5) is 14.1. The van der Waals surface area contributed by atoms with Gasteiger partial charge in [-0.25, -0.2) is 14.2 Å². The molecule has 0 fully saturated rings. The fourth-order valence-corrected chi connectivity index (χ4v) is 0.880. The lowest BCUT2D eigenvalue weighted by Crippen LogP contribution is -2.02. The first-order valence-corrected chi connectivity index (χ1v) is 4.13. The molecule has 0 saturated heterocycles. The zero-order valence-electron chi connectivity index (χ0n) is 7.70. The van der Waals surface area contributed by atoms with Crippen molar-refractivity contribution in [3.05, 3.63) is 29.3 Å². The van der Waals surface area contributed by atoms with Gasteiger partial charge in [-0.3, -0.25) is 0 Å². The number of carboxylic acids is 1. The van der Waals surface area contributed by atoms with Crippen molar-refractivity contribution in [1.82, 2.24) is 4.98 Å². The summed E-state index contributed by atoms with van der Waals surface area (Å²) in [7, 11) is 0. The van der Waals surface area contributed by atoms with Crippen molar-refractivity contribution in [1.29, 1.82) is 0 Å². The van der Waals surface area contributed by atoms with Gasteiger partial charge in [0.25, 0.3) is 0 Å². The van der Waals surface area contributed by atoms with Crippen LogP contribution >= 0.6 is 0 Å². The van der Waals surface area contributed by atoms with Crippen LogP contribution in [0.2, 0.25) is 0 Å². The third-order valence-electron chi connectivity index (χ3n) is 1.54. The Labute approximate surface area is 85.4 Å². The van der Waals surface area contributed by atoms with Gasteiger partial charge in [0, 0.05) is 6.42 Å². The van der Waals surface area contributed by atoms with Gasteiger partial charge in [0.15, 0.2) is 5.82 Å². The van der Waals surface area contributed by atoms with Crippen molar-refractivity contribution < 1.29 is 19.4 Å². The van der Waals surface area contributed by atoms with Crippen molar-refractivity contribution in [2.45, 2.75) is 6.42 Å². The highest BCUT2D eigenvalue weighted by Crippen LogP contribution is 2.06. The van der Waals surface area contributed by atoms with E-state index in [1.807, 2.05) is 0 Å². The third-order valence-corrected chi connectivity index (χ3v) is 1.54. The maximum absolute atomic E-state index is 12.9. The molecule has 0 unspecified atom stereocenters. The Bertz CT molecular complexity index is 434. The van der Waals surface area contributed by atoms with Crippen LogP contribution in [-0.2, 0) is 0 Å². The molecule has 78 valence electrons. The van der Waals surface area contributed by atoms with E-state index >= 15 is 0 Å². The topological polar surface area (TPSA) is 70.4 Å². The highest BCUT2D eigenvalue weighted by atomic mass is 19.1. The van der Waals surface area contributed by atoms with Crippen molar-refractivity contribution >= 4 is 5.97 Å². The van der Waals surface area contributed by atoms with Crippen molar-refractivity contribution in [2.75, 3.05) is 6.61 Å². The second-order valence-corrected chi connectivity index (χ2v) is 2.63. The van der Waals surface area contributed by atoms with Gasteiger partial charge < -0.3 is 10.2 Å². The molecule has 1 aromatic heterocycles. The first-order chi connectivity index (χ1) is 7.15. The number of pyridine rings is 1. The molecule has 0 bridgehead atoms. The maximum atomic E-state index is 12.9. The van der Waals surface area contributed by atoms with E-state index < -0.39 is 17.3 Å². The Morgan fingerprint density at radius 3 is 2.93 bits per heavy atom. The third kappa shape index (κ3) is 3.04. The molecular weight excluding hydrogens is 201 g/mol. The van der Waals surface area contributed by atoms with Gasteiger partial charge in [-0.2, -0.15) is 0 Å². The molecule has 5 heteroatoms. The van der Waals surface area contributed by atoms with Crippen LogP contribution in [0.1, 0.15) is 22.5 Å². The van der Waals surface area contributed by atoms with Crippen LogP contribution in [-0.4, -0.2) is 27.8 Å². The predicted octanol–water partition coefficient (Wildman–Crippen LogP) is 0.653. The molecule has 1 aromatic rings. The van der Waals surface area contributed by atoms with E-state index in [-0.39, 0.29) is 18.7 Å². The predicted molar refractivity (Wildman–Crippen MR) is 49.7 cm³/mol. The molecule has 1 heterocycles. The van der Waals surface area contributed by atoms with Gasteiger partial charge in [-0.1, -0.05) is 5.92 Å². The van der Waals surface area contributed by atoms with Gasteiger partial charge in [0.1, 0.15) is 5.69 Å². The number of carboxylic acid groups (broad SMARTS) is 1. The summed E-state index contributed by atoms with van der Waals surface area (Å²) in [5, 5.41) is 17.1. The number of hydrogen-bond donors (Lipinski definition) is 2. The zero-order valence-corrected chi connectivity index (χ0v) is 7.70. The average Bonchev–Trinajstić information content (AvgIpc) is 2.20. The molecule has 15 heavy (non-hydrogen) atoms. The van der Waals surface area contributed by atoms with Crippen LogP contribution in [0.3, 0.4) is 0 Å². The Morgan fingerprint density at radius 1 is 1.60 bits per heavy atom. The highest BCUT2D eigenvalue weighted by Gasteiger charge is 2.10. The monoisotopic (exact) mass is 209 g/mol. The highest BCUT2D eigenvalue weighted by molar-refractivity contribution is 5.88. The molecule has 0 radical (unpaired) electrons. The summed E-state index contributed by atoms with van der Waals surface area (Å²) < 4.78 is 12.9. The summed E-state index contributed by atoms with van der Waals surface area (Å²) >= 11 is 0. The minimum absolute atomic E-state index is 0.0834. The summed E-state index contributed by atoms with van der Waals surface area (Å²) in [5.74, 6) is 2.82. The minimum atomic E-state index is -1.36. The fourth-order valence-electron chi connectivity index (χ4n) is 0.880. The SMILES string of the molecule is O=C(O)c1cc(C#CCCO)ncc1F. The van der Waals surface area contributed by atoms with Crippen LogP contribution in [0.15, 0.2) is 12.3 Å². The largest absolute Gasteiger partial charge is 0.478 e. The minimum Gasteiger partial charge on any atom is -0.478 e. The molecule has 0 aliphatic heterocycles. The molecule has 0 saturated carbocycles. The number of carbonyl (C=O) groups is 1. The maximum Gasteiger partial charge on any atom is 0.338 e. The second-order valence-electron chi connectivity index (χ2n) is 2.63.